The molecule has 0 aliphatic carbocycles. The number of halogens is 3. The molecule has 0 saturated heterocycles. The minimum Gasteiger partial charge on any atom is -0.175 e. The van der Waals surface area contributed by atoms with Gasteiger partial charge < -0.3 is 0 Å². The van der Waals surface area contributed by atoms with E-state index in [1.807, 2.05) is 0 Å². The van der Waals surface area contributed by atoms with E-state index in [-0.39, 0.29) is 11.4 Å². The van der Waals surface area contributed by atoms with Crippen LogP contribution in [0.4, 0.5) is 18.9 Å². The Labute approximate surface area is 88.9 Å². The Balaban J connectivity index is 3.28. The minimum absolute atomic E-state index is 0.0395. The Kier molecular flexibility index (Phi) is 3.49. The molecule has 7 heteroatoms. The summed E-state index contributed by atoms with van der Waals surface area (Å²) in [5.41, 5.74) is 7.77. The molecule has 0 atom stereocenters. The van der Waals surface area contributed by atoms with Crippen LogP contribution in [0.2, 0.25) is 0 Å². The third-order valence-corrected chi connectivity index (χ3v) is 2.08. The topological polar surface area (TPSA) is 48.8 Å². The van der Waals surface area contributed by atoms with Crippen molar-refractivity contribution >= 4 is 18.3 Å². The highest BCUT2D eigenvalue weighted by Crippen LogP contribution is 2.33. The lowest BCUT2D eigenvalue weighted by molar-refractivity contribution is -0.137. The Morgan fingerprint density at radius 3 is 2.53 bits per heavy atom. The van der Waals surface area contributed by atoms with Gasteiger partial charge >= 0.3 is 6.18 Å². The van der Waals surface area contributed by atoms with Crippen molar-refractivity contribution in [1.29, 1.82) is 0 Å². The fourth-order valence-electron chi connectivity index (χ4n) is 1.02. The summed E-state index contributed by atoms with van der Waals surface area (Å²) in [5.74, 6) is 0.215. The zero-order valence-electron chi connectivity index (χ0n) is 7.36. The first-order valence-electron chi connectivity index (χ1n) is 3.85. The molecule has 0 spiro atoms. The number of benzene rings is 1. The SMILES string of the molecule is [N-]=[N+]=Nc1cc(C(F)(F)F)ccc1CS. The van der Waals surface area contributed by atoms with Crippen molar-refractivity contribution in [2.45, 2.75) is 11.9 Å². The summed E-state index contributed by atoms with van der Waals surface area (Å²) in [6, 6.07) is 2.99. The van der Waals surface area contributed by atoms with E-state index < -0.39 is 11.7 Å². The molecule has 0 saturated carbocycles. The predicted octanol–water partition coefficient (Wildman–Crippen LogP) is 4.08. The maximum atomic E-state index is 12.3. The molecule has 15 heavy (non-hydrogen) atoms. The van der Waals surface area contributed by atoms with Crippen molar-refractivity contribution in [3.05, 3.63) is 39.8 Å². The number of azide groups is 1. The van der Waals surface area contributed by atoms with E-state index in [4.69, 9.17) is 5.53 Å². The van der Waals surface area contributed by atoms with Crippen molar-refractivity contribution in [1.82, 2.24) is 0 Å². The molecule has 0 heterocycles. The summed E-state index contributed by atoms with van der Waals surface area (Å²) in [4.78, 5) is 2.46. The van der Waals surface area contributed by atoms with Crippen molar-refractivity contribution in [3.8, 4) is 0 Å². The number of alkyl halides is 3. The van der Waals surface area contributed by atoms with Gasteiger partial charge in [0.1, 0.15) is 0 Å². The first-order chi connectivity index (χ1) is 6.99. The third kappa shape index (κ3) is 2.81. The fraction of sp³-hybridized carbons (Fsp3) is 0.250. The van der Waals surface area contributed by atoms with Crippen LogP contribution >= 0.6 is 12.6 Å². The number of hydrogen-bond acceptors (Lipinski definition) is 2. The molecule has 1 rings (SSSR count). The molecule has 0 N–H and O–H groups in total. The van der Waals surface area contributed by atoms with Gasteiger partial charge in [-0.3, -0.25) is 0 Å². The summed E-state index contributed by atoms with van der Waals surface area (Å²) in [5, 5.41) is 3.18. The lowest BCUT2D eigenvalue weighted by atomic mass is 10.1. The second-order valence-corrected chi connectivity index (χ2v) is 3.01. The molecule has 1 aromatic carbocycles. The maximum absolute atomic E-state index is 12.3. The van der Waals surface area contributed by atoms with Crippen LogP contribution in [-0.2, 0) is 11.9 Å². The average Bonchev–Trinajstić information content (AvgIpc) is 2.17. The van der Waals surface area contributed by atoms with Gasteiger partial charge in [-0.2, -0.15) is 25.8 Å². The van der Waals surface area contributed by atoms with Crippen molar-refractivity contribution in [3.63, 3.8) is 0 Å². The molecule has 0 bridgehead atoms. The number of nitrogens with zero attached hydrogens (tertiary/aromatic N) is 3. The third-order valence-electron chi connectivity index (χ3n) is 1.74. The molecule has 0 aromatic heterocycles. The summed E-state index contributed by atoms with van der Waals surface area (Å²) >= 11 is 3.91. The van der Waals surface area contributed by atoms with Crippen LogP contribution in [0.1, 0.15) is 11.1 Å². The first kappa shape index (κ1) is 11.7. The van der Waals surface area contributed by atoms with Crippen LogP contribution in [0.3, 0.4) is 0 Å². The number of rotatable bonds is 2. The lowest BCUT2D eigenvalue weighted by Gasteiger charge is -2.09. The largest absolute Gasteiger partial charge is 0.416 e. The quantitative estimate of drug-likeness (QED) is 0.346. The van der Waals surface area contributed by atoms with Crippen LogP contribution in [0.25, 0.3) is 10.4 Å². The normalized spacial score (nSPS) is 10.9. The van der Waals surface area contributed by atoms with E-state index in [9.17, 15) is 13.2 Å². The molecule has 0 unspecified atom stereocenters. The molecular formula is C8H6F3N3S. The fourth-order valence-corrected chi connectivity index (χ4v) is 1.28. The van der Waals surface area contributed by atoms with Crippen LogP contribution in [0.15, 0.2) is 23.3 Å². The van der Waals surface area contributed by atoms with Crippen LogP contribution < -0.4 is 0 Å². The van der Waals surface area contributed by atoms with E-state index >= 15 is 0 Å². The Hall–Kier alpha value is -1.33. The Morgan fingerprint density at radius 1 is 1.40 bits per heavy atom. The zero-order valence-corrected chi connectivity index (χ0v) is 8.26. The summed E-state index contributed by atoms with van der Waals surface area (Å²) in [6.07, 6.45) is -4.44. The highest BCUT2D eigenvalue weighted by Gasteiger charge is 2.30. The molecule has 0 aliphatic heterocycles. The van der Waals surface area contributed by atoms with Crippen LogP contribution in [0.5, 0.6) is 0 Å². The second kappa shape index (κ2) is 4.46. The molecule has 0 amide bonds. The van der Waals surface area contributed by atoms with Gasteiger partial charge in [0, 0.05) is 16.4 Å². The van der Waals surface area contributed by atoms with Gasteiger partial charge in [0.05, 0.1) is 5.56 Å². The smallest absolute Gasteiger partial charge is 0.175 e. The van der Waals surface area contributed by atoms with Crippen molar-refractivity contribution < 1.29 is 13.2 Å². The van der Waals surface area contributed by atoms with Gasteiger partial charge in [0.15, 0.2) is 0 Å². The maximum Gasteiger partial charge on any atom is 0.416 e. The molecule has 3 nitrogen and oxygen atoms in total. The van der Waals surface area contributed by atoms with Crippen LogP contribution in [-0.4, -0.2) is 0 Å². The van der Waals surface area contributed by atoms with E-state index in [1.54, 1.807) is 0 Å². The molecule has 80 valence electrons. The summed E-state index contributed by atoms with van der Waals surface area (Å²) in [6.45, 7) is 0. The summed E-state index contributed by atoms with van der Waals surface area (Å²) in [7, 11) is 0. The molecule has 0 fully saturated rings. The molecular weight excluding hydrogens is 227 g/mol. The van der Waals surface area contributed by atoms with Gasteiger partial charge in [0.2, 0.25) is 0 Å². The monoisotopic (exact) mass is 233 g/mol. The van der Waals surface area contributed by atoms with E-state index in [2.05, 4.69) is 22.7 Å². The molecule has 0 aliphatic rings. The van der Waals surface area contributed by atoms with Gasteiger partial charge in [0.25, 0.3) is 0 Å². The van der Waals surface area contributed by atoms with Crippen molar-refractivity contribution in [2.24, 2.45) is 5.11 Å². The van der Waals surface area contributed by atoms with E-state index in [0.29, 0.717) is 5.56 Å². The zero-order chi connectivity index (χ0) is 11.5. The standard InChI is InChI=1S/C8H6F3N3S/c9-8(10,11)6-2-1-5(4-15)7(3-6)13-14-12/h1-3,15H,4H2. The highest BCUT2D eigenvalue weighted by molar-refractivity contribution is 7.79. The summed E-state index contributed by atoms with van der Waals surface area (Å²) < 4.78 is 36.9. The Morgan fingerprint density at radius 2 is 2.07 bits per heavy atom. The van der Waals surface area contributed by atoms with Gasteiger partial charge in [-0.1, -0.05) is 11.2 Å². The predicted molar refractivity (Wildman–Crippen MR) is 52.9 cm³/mol. The number of hydrogen-bond donors (Lipinski definition) is 1. The van der Waals surface area contributed by atoms with Crippen molar-refractivity contribution in [2.75, 3.05) is 0 Å². The van der Waals surface area contributed by atoms with Gasteiger partial charge in [-0.25, -0.2) is 0 Å². The van der Waals surface area contributed by atoms with E-state index in [1.165, 1.54) is 6.07 Å². The van der Waals surface area contributed by atoms with Gasteiger partial charge in [-0.05, 0) is 23.2 Å². The molecule has 1 aromatic rings. The van der Waals surface area contributed by atoms with Crippen LogP contribution in [0, 0.1) is 0 Å². The Bertz CT molecular complexity index is 410. The lowest BCUT2D eigenvalue weighted by Crippen LogP contribution is -2.04. The minimum atomic E-state index is -4.44. The molecule has 0 radical (unpaired) electrons. The number of thiol groups is 1. The highest BCUT2D eigenvalue weighted by atomic mass is 32.1. The van der Waals surface area contributed by atoms with E-state index in [0.717, 1.165) is 12.1 Å². The van der Waals surface area contributed by atoms with Gasteiger partial charge in [-0.15, -0.1) is 0 Å². The first-order valence-corrected chi connectivity index (χ1v) is 4.48. The average molecular weight is 233 g/mol. The second-order valence-electron chi connectivity index (χ2n) is 2.69.